The lowest BCUT2D eigenvalue weighted by atomic mass is 10.1. The first-order valence-corrected chi connectivity index (χ1v) is 5.55. The molecule has 0 aliphatic rings. The standard InChI is InChI=1S/C12H10N6O/c13-12(19)11-10(16-18-17-11)8-3-1-7(2-4-8)9-5-14-6-15-9/h1-6H,(H2,13,19)(H,14,15)(H,16,17,18). The number of aromatic amines is 2. The van der Waals surface area contributed by atoms with Gasteiger partial charge in [-0.05, 0) is 5.56 Å². The second kappa shape index (κ2) is 4.37. The molecule has 0 spiro atoms. The van der Waals surface area contributed by atoms with Gasteiger partial charge in [-0.3, -0.25) is 4.79 Å². The normalized spacial score (nSPS) is 10.5. The van der Waals surface area contributed by atoms with Crippen molar-refractivity contribution in [2.24, 2.45) is 5.73 Å². The topological polar surface area (TPSA) is 113 Å². The Morgan fingerprint density at radius 1 is 1.11 bits per heavy atom. The number of amides is 1. The van der Waals surface area contributed by atoms with Crippen LogP contribution in [0.4, 0.5) is 0 Å². The molecule has 3 aromatic rings. The van der Waals surface area contributed by atoms with Crippen LogP contribution in [0.2, 0.25) is 0 Å². The van der Waals surface area contributed by atoms with Crippen molar-refractivity contribution in [3.8, 4) is 22.5 Å². The molecule has 0 aliphatic carbocycles. The molecule has 94 valence electrons. The third-order valence-electron chi connectivity index (χ3n) is 2.75. The molecule has 3 rings (SSSR count). The number of benzene rings is 1. The van der Waals surface area contributed by atoms with Gasteiger partial charge in [0.2, 0.25) is 0 Å². The highest BCUT2D eigenvalue weighted by molar-refractivity contribution is 5.96. The first kappa shape index (κ1) is 11.1. The van der Waals surface area contributed by atoms with Crippen LogP contribution in [0, 0.1) is 0 Å². The van der Waals surface area contributed by atoms with Crippen LogP contribution in [0.3, 0.4) is 0 Å². The summed E-state index contributed by atoms with van der Waals surface area (Å²) in [7, 11) is 0. The highest BCUT2D eigenvalue weighted by Gasteiger charge is 2.14. The Morgan fingerprint density at radius 2 is 1.84 bits per heavy atom. The average molecular weight is 254 g/mol. The quantitative estimate of drug-likeness (QED) is 0.645. The van der Waals surface area contributed by atoms with Crippen LogP contribution in [0.15, 0.2) is 36.8 Å². The van der Waals surface area contributed by atoms with Gasteiger partial charge in [-0.15, -0.1) is 0 Å². The minimum Gasteiger partial charge on any atom is -0.364 e. The lowest BCUT2D eigenvalue weighted by molar-refractivity contribution is 0.0996. The lowest BCUT2D eigenvalue weighted by Gasteiger charge is -2.01. The van der Waals surface area contributed by atoms with Crippen LogP contribution in [0.1, 0.15) is 10.5 Å². The Morgan fingerprint density at radius 3 is 2.47 bits per heavy atom. The van der Waals surface area contributed by atoms with Gasteiger partial charge < -0.3 is 10.7 Å². The number of rotatable bonds is 3. The predicted molar refractivity (Wildman–Crippen MR) is 67.9 cm³/mol. The van der Waals surface area contributed by atoms with Crippen LogP contribution in [-0.4, -0.2) is 31.3 Å². The summed E-state index contributed by atoms with van der Waals surface area (Å²) in [6.07, 6.45) is 3.35. The number of nitrogens with zero attached hydrogens (tertiary/aromatic N) is 3. The molecular formula is C12H10N6O. The summed E-state index contributed by atoms with van der Waals surface area (Å²) in [5.41, 5.74) is 8.49. The number of imidazole rings is 1. The van der Waals surface area contributed by atoms with Gasteiger partial charge in [-0.1, -0.05) is 24.3 Å². The molecule has 1 aromatic carbocycles. The van der Waals surface area contributed by atoms with E-state index >= 15 is 0 Å². The zero-order valence-corrected chi connectivity index (χ0v) is 9.79. The molecule has 2 heterocycles. The Labute approximate surface area is 107 Å². The highest BCUT2D eigenvalue weighted by atomic mass is 16.1. The van der Waals surface area contributed by atoms with Crippen LogP contribution in [0.25, 0.3) is 22.5 Å². The summed E-state index contributed by atoms with van der Waals surface area (Å²) in [6, 6.07) is 7.51. The molecule has 0 saturated carbocycles. The van der Waals surface area contributed by atoms with Crippen molar-refractivity contribution in [1.82, 2.24) is 25.4 Å². The van der Waals surface area contributed by atoms with Crippen molar-refractivity contribution in [2.45, 2.75) is 0 Å². The Balaban J connectivity index is 1.99. The number of hydrogen-bond acceptors (Lipinski definition) is 4. The van der Waals surface area contributed by atoms with E-state index in [1.807, 2.05) is 24.3 Å². The largest absolute Gasteiger partial charge is 0.364 e. The Hall–Kier alpha value is -2.96. The van der Waals surface area contributed by atoms with Crippen LogP contribution < -0.4 is 5.73 Å². The van der Waals surface area contributed by atoms with Crippen molar-refractivity contribution >= 4 is 5.91 Å². The Kier molecular flexibility index (Phi) is 2.57. The summed E-state index contributed by atoms with van der Waals surface area (Å²) in [5.74, 6) is -0.610. The van der Waals surface area contributed by atoms with Crippen molar-refractivity contribution in [3.63, 3.8) is 0 Å². The zero-order chi connectivity index (χ0) is 13.2. The molecule has 2 aromatic heterocycles. The third kappa shape index (κ3) is 1.97. The number of hydrogen-bond donors (Lipinski definition) is 3. The van der Waals surface area contributed by atoms with Gasteiger partial charge in [0.1, 0.15) is 5.69 Å². The first-order valence-electron chi connectivity index (χ1n) is 5.55. The molecule has 1 amide bonds. The van der Waals surface area contributed by atoms with Gasteiger partial charge in [0, 0.05) is 5.56 Å². The van der Waals surface area contributed by atoms with Gasteiger partial charge in [-0.2, -0.15) is 15.4 Å². The maximum Gasteiger partial charge on any atom is 0.271 e. The summed E-state index contributed by atoms with van der Waals surface area (Å²) >= 11 is 0. The van der Waals surface area contributed by atoms with Gasteiger partial charge >= 0.3 is 0 Å². The molecule has 0 radical (unpaired) electrons. The fraction of sp³-hybridized carbons (Fsp3) is 0. The summed E-state index contributed by atoms with van der Waals surface area (Å²) < 4.78 is 0. The van der Waals surface area contributed by atoms with Crippen molar-refractivity contribution in [3.05, 3.63) is 42.5 Å². The molecule has 0 aliphatic heterocycles. The van der Waals surface area contributed by atoms with E-state index in [4.69, 9.17) is 5.73 Å². The maximum absolute atomic E-state index is 11.2. The average Bonchev–Trinajstić information content (AvgIpc) is 3.10. The van der Waals surface area contributed by atoms with E-state index in [1.165, 1.54) is 0 Å². The van der Waals surface area contributed by atoms with Crippen molar-refractivity contribution in [1.29, 1.82) is 0 Å². The molecular weight excluding hydrogens is 244 g/mol. The predicted octanol–water partition coefficient (Wildman–Crippen LogP) is 0.961. The van der Waals surface area contributed by atoms with E-state index in [-0.39, 0.29) is 5.69 Å². The first-order chi connectivity index (χ1) is 9.25. The summed E-state index contributed by atoms with van der Waals surface area (Å²) in [6.45, 7) is 0. The minimum absolute atomic E-state index is 0.134. The van der Waals surface area contributed by atoms with Crippen LogP contribution in [-0.2, 0) is 0 Å². The molecule has 0 atom stereocenters. The van der Waals surface area contributed by atoms with Crippen molar-refractivity contribution in [2.75, 3.05) is 0 Å². The Bertz CT molecular complexity index is 698. The monoisotopic (exact) mass is 254 g/mol. The van der Waals surface area contributed by atoms with Crippen molar-refractivity contribution < 1.29 is 4.79 Å². The number of aromatic nitrogens is 5. The zero-order valence-electron chi connectivity index (χ0n) is 9.79. The molecule has 7 heteroatoms. The minimum atomic E-state index is -0.610. The second-order valence-electron chi connectivity index (χ2n) is 3.93. The SMILES string of the molecule is NC(=O)c1n[nH]nc1-c1ccc(-c2cnc[nH]2)cc1. The number of H-pyrrole nitrogens is 2. The van der Waals surface area contributed by atoms with Gasteiger partial charge in [0.05, 0.1) is 18.2 Å². The van der Waals surface area contributed by atoms with E-state index in [9.17, 15) is 4.79 Å². The summed E-state index contributed by atoms with van der Waals surface area (Å²) in [4.78, 5) is 18.2. The fourth-order valence-electron chi connectivity index (χ4n) is 1.83. The molecule has 0 fully saturated rings. The van der Waals surface area contributed by atoms with Gasteiger partial charge in [0.15, 0.2) is 5.69 Å². The lowest BCUT2D eigenvalue weighted by Crippen LogP contribution is -2.12. The van der Waals surface area contributed by atoms with E-state index in [0.29, 0.717) is 5.69 Å². The number of nitrogens with one attached hydrogen (secondary N) is 2. The molecule has 0 unspecified atom stereocenters. The number of carbonyl (C=O) groups excluding carboxylic acids is 1. The van der Waals surface area contributed by atoms with E-state index in [0.717, 1.165) is 16.8 Å². The number of carbonyl (C=O) groups is 1. The molecule has 19 heavy (non-hydrogen) atoms. The molecule has 0 saturated heterocycles. The maximum atomic E-state index is 11.2. The number of primary amides is 1. The molecule has 7 nitrogen and oxygen atoms in total. The van der Waals surface area contributed by atoms with Gasteiger partial charge in [-0.25, -0.2) is 4.98 Å². The highest BCUT2D eigenvalue weighted by Crippen LogP contribution is 2.23. The van der Waals surface area contributed by atoms with Crippen LogP contribution in [0.5, 0.6) is 0 Å². The van der Waals surface area contributed by atoms with Gasteiger partial charge in [0.25, 0.3) is 5.91 Å². The molecule has 4 N–H and O–H groups in total. The summed E-state index contributed by atoms with van der Waals surface area (Å²) in [5, 5.41) is 10.1. The third-order valence-corrected chi connectivity index (χ3v) is 2.75. The second-order valence-corrected chi connectivity index (χ2v) is 3.93. The van der Waals surface area contributed by atoms with E-state index in [2.05, 4.69) is 25.4 Å². The van der Waals surface area contributed by atoms with E-state index < -0.39 is 5.91 Å². The number of nitrogens with two attached hydrogens (primary N) is 1. The fourth-order valence-corrected chi connectivity index (χ4v) is 1.83. The smallest absolute Gasteiger partial charge is 0.271 e. The van der Waals surface area contributed by atoms with E-state index in [1.54, 1.807) is 12.5 Å². The van der Waals surface area contributed by atoms with Crippen LogP contribution >= 0.6 is 0 Å². The molecule has 0 bridgehead atoms.